The van der Waals surface area contributed by atoms with Crippen LogP contribution in [0.5, 0.6) is 5.75 Å². The van der Waals surface area contributed by atoms with Gasteiger partial charge in [-0.05, 0) is 113 Å². The minimum absolute atomic E-state index is 0.0129. The van der Waals surface area contributed by atoms with Gasteiger partial charge >= 0.3 is 18.1 Å². The Morgan fingerprint density at radius 2 is 1.61 bits per heavy atom. The number of nitrogens with zero attached hydrogens (tertiary/aromatic N) is 4. The molecule has 1 atom stereocenters. The molecule has 3 fully saturated rings. The summed E-state index contributed by atoms with van der Waals surface area (Å²) in [5.74, 6) is 1.53. The molecule has 5 aliphatic rings. The van der Waals surface area contributed by atoms with Crippen LogP contribution in [-0.4, -0.2) is 128 Å². The molecule has 54 heavy (non-hydrogen) atoms. The van der Waals surface area contributed by atoms with Crippen LogP contribution >= 0.6 is 0 Å². The molecule has 0 bridgehead atoms. The van der Waals surface area contributed by atoms with Gasteiger partial charge in [0.2, 0.25) is 0 Å². The highest BCUT2D eigenvalue weighted by molar-refractivity contribution is 5.91. The Kier molecular flexibility index (Phi) is 12.1. The van der Waals surface area contributed by atoms with Gasteiger partial charge in [0, 0.05) is 57.4 Å². The van der Waals surface area contributed by atoms with E-state index in [9.17, 15) is 19.2 Å². The number of likely N-dealkylation sites (tertiary alicyclic amines) is 3. The van der Waals surface area contributed by atoms with Crippen molar-refractivity contribution in [3.05, 3.63) is 53.1 Å². The SMILES string of the molecule is CCOC(=O)CN1CCC(C2CCN(C(=O)[C@@H](Cc3cc(C)c4c(c3)OCCN4)OC(=O)N3CCC(N4CCc5ccccc5NC4=O)CC3)CC2)CC1. The van der Waals surface area contributed by atoms with Gasteiger partial charge in [0.1, 0.15) is 12.4 Å². The number of fused-ring (bicyclic) bond motifs is 2. The maximum atomic E-state index is 14.3. The molecule has 0 radical (unpaired) electrons. The van der Waals surface area contributed by atoms with Crippen LogP contribution in [-0.2, 0) is 31.9 Å². The Morgan fingerprint density at radius 1 is 0.907 bits per heavy atom. The summed E-state index contributed by atoms with van der Waals surface area (Å²) in [6.07, 6.45) is 4.76. The number of rotatable bonds is 9. The molecule has 0 aliphatic carbocycles. The highest BCUT2D eigenvalue weighted by Gasteiger charge is 2.37. The average molecular weight is 745 g/mol. The molecule has 4 amide bonds. The standard InChI is InChI=1S/C41H56N6O7/c1-3-52-37(48)27-44-16-8-30(9-17-44)31-10-18-45(19-11-31)39(49)36(26-29-24-28(2)38-35(25-29)53-23-15-42-38)54-41(51)46-20-13-33(14-21-46)47-22-12-32-6-4-5-7-34(32)43-40(47)50/h4-7,24-25,30-31,33,36,42H,3,8-23,26-27H2,1-2H3,(H,43,50)/t36-/m1/s1. The van der Waals surface area contributed by atoms with Gasteiger partial charge in [-0.3, -0.25) is 14.5 Å². The topological polar surface area (TPSA) is 133 Å². The highest BCUT2D eigenvalue weighted by atomic mass is 16.6. The van der Waals surface area contributed by atoms with Crippen molar-refractivity contribution in [2.75, 3.05) is 82.8 Å². The van der Waals surface area contributed by atoms with Gasteiger partial charge in [0.15, 0.2) is 6.10 Å². The Balaban J connectivity index is 0.966. The number of para-hydroxylation sites is 1. The number of aryl methyl sites for hydroxylation is 1. The zero-order chi connectivity index (χ0) is 37.6. The number of esters is 1. The van der Waals surface area contributed by atoms with E-state index in [4.69, 9.17) is 14.2 Å². The minimum atomic E-state index is -0.971. The summed E-state index contributed by atoms with van der Waals surface area (Å²) in [6.45, 7) is 10.5. The zero-order valence-electron chi connectivity index (χ0n) is 31.9. The molecule has 5 aliphatic heterocycles. The number of carbonyl (C=O) groups is 4. The van der Waals surface area contributed by atoms with Crippen LogP contribution in [0.25, 0.3) is 0 Å². The van der Waals surface area contributed by atoms with Crippen LogP contribution in [0.3, 0.4) is 0 Å². The molecule has 7 rings (SSSR count). The number of urea groups is 1. The van der Waals surface area contributed by atoms with E-state index >= 15 is 0 Å². The molecule has 0 saturated carbocycles. The van der Waals surface area contributed by atoms with Gasteiger partial charge in [-0.15, -0.1) is 0 Å². The Bertz CT molecular complexity index is 1660. The molecular weight excluding hydrogens is 688 g/mol. The van der Waals surface area contributed by atoms with Gasteiger partial charge in [-0.1, -0.05) is 24.3 Å². The first-order chi connectivity index (χ1) is 26.2. The fourth-order valence-electron chi connectivity index (χ4n) is 9.08. The molecule has 0 unspecified atom stereocenters. The lowest BCUT2D eigenvalue weighted by Gasteiger charge is -2.41. The molecule has 2 N–H and O–H groups in total. The van der Waals surface area contributed by atoms with Crippen LogP contribution in [0.4, 0.5) is 21.0 Å². The molecule has 292 valence electrons. The molecule has 2 aromatic carbocycles. The van der Waals surface area contributed by atoms with Crippen LogP contribution < -0.4 is 15.4 Å². The first kappa shape index (κ1) is 37.8. The monoisotopic (exact) mass is 744 g/mol. The van der Waals surface area contributed by atoms with E-state index in [1.54, 1.807) is 4.90 Å². The second kappa shape index (κ2) is 17.3. The summed E-state index contributed by atoms with van der Waals surface area (Å²) in [4.78, 5) is 60.9. The van der Waals surface area contributed by atoms with Crippen molar-refractivity contribution in [3.63, 3.8) is 0 Å². The third-order valence-corrected chi connectivity index (χ3v) is 12.1. The van der Waals surface area contributed by atoms with Crippen molar-refractivity contribution in [2.45, 2.75) is 77.4 Å². The predicted molar refractivity (Wildman–Crippen MR) is 205 cm³/mol. The van der Waals surface area contributed by atoms with Crippen molar-refractivity contribution in [1.29, 1.82) is 0 Å². The van der Waals surface area contributed by atoms with Crippen molar-refractivity contribution in [3.8, 4) is 5.75 Å². The summed E-state index contributed by atoms with van der Waals surface area (Å²) in [5.41, 5.74) is 4.85. The lowest BCUT2D eigenvalue weighted by atomic mass is 9.78. The highest BCUT2D eigenvalue weighted by Crippen LogP contribution is 2.35. The molecule has 5 heterocycles. The molecule has 13 heteroatoms. The Hall–Kier alpha value is -4.52. The van der Waals surface area contributed by atoms with Crippen LogP contribution in [0.15, 0.2) is 36.4 Å². The summed E-state index contributed by atoms with van der Waals surface area (Å²) >= 11 is 0. The number of nitrogens with one attached hydrogen (secondary N) is 2. The third-order valence-electron chi connectivity index (χ3n) is 12.1. The Labute approximate surface area is 318 Å². The van der Waals surface area contributed by atoms with E-state index in [0.717, 1.165) is 85.6 Å². The van der Waals surface area contributed by atoms with E-state index in [2.05, 4.69) is 15.5 Å². The van der Waals surface area contributed by atoms with Gasteiger partial charge in [0.05, 0.1) is 18.8 Å². The number of amides is 4. The number of hydrogen-bond donors (Lipinski definition) is 2. The van der Waals surface area contributed by atoms with Crippen LogP contribution in [0.1, 0.15) is 62.1 Å². The van der Waals surface area contributed by atoms with Gasteiger partial charge in [-0.2, -0.15) is 0 Å². The summed E-state index contributed by atoms with van der Waals surface area (Å²) in [5, 5.41) is 6.46. The van der Waals surface area contributed by atoms with Crippen molar-refractivity contribution in [2.24, 2.45) is 11.8 Å². The summed E-state index contributed by atoms with van der Waals surface area (Å²) < 4.78 is 17.2. The van der Waals surface area contributed by atoms with Crippen molar-refractivity contribution >= 4 is 35.4 Å². The van der Waals surface area contributed by atoms with E-state index in [1.165, 1.54) is 0 Å². The fraction of sp³-hybridized carbons (Fsp3) is 0.610. The van der Waals surface area contributed by atoms with Crippen LogP contribution in [0.2, 0.25) is 0 Å². The maximum Gasteiger partial charge on any atom is 0.410 e. The quantitative estimate of drug-likeness (QED) is 0.344. The normalized spacial score (nSPS) is 20.8. The Morgan fingerprint density at radius 3 is 2.35 bits per heavy atom. The maximum absolute atomic E-state index is 14.3. The second-order valence-electron chi connectivity index (χ2n) is 15.5. The number of anilines is 2. The van der Waals surface area contributed by atoms with Gasteiger partial charge < -0.3 is 39.5 Å². The lowest BCUT2D eigenvalue weighted by Crippen LogP contribution is -2.52. The third kappa shape index (κ3) is 8.88. The van der Waals surface area contributed by atoms with Gasteiger partial charge in [-0.25, -0.2) is 9.59 Å². The van der Waals surface area contributed by atoms with E-state index in [-0.39, 0.29) is 30.4 Å². The van der Waals surface area contributed by atoms with Gasteiger partial charge in [0.25, 0.3) is 5.91 Å². The molecule has 2 aromatic rings. The second-order valence-corrected chi connectivity index (χ2v) is 15.5. The number of carbonyl (C=O) groups excluding carboxylic acids is 4. The number of hydrogen-bond acceptors (Lipinski definition) is 9. The van der Waals surface area contributed by atoms with E-state index < -0.39 is 12.2 Å². The number of benzene rings is 2. The zero-order valence-corrected chi connectivity index (χ0v) is 31.9. The number of ether oxygens (including phenoxy) is 3. The molecule has 3 saturated heterocycles. The lowest BCUT2D eigenvalue weighted by molar-refractivity contribution is -0.144. The molecule has 0 spiro atoms. The first-order valence-electron chi connectivity index (χ1n) is 20.0. The molecule has 0 aromatic heterocycles. The van der Waals surface area contributed by atoms with Crippen molar-refractivity contribution < 1.29 is 33.4 Å². The van der Waals surface area contributed by atoms with E-state index in [1.807, 2.05) is 60.0 Å². The summed E-state index contributed by atoms with van der Waals surface area (Å²) in [7, 11) is 0. The minimum Gasteiger partial charge on any atom is -0.490 e. The summed E-state index contributed by atoms with van der Waals surface area (Å²) in [6, 6.07) is 11.8. The van der Waals surface area contributed by atoms with Crippen molar-refractivity contribution in [1.82, 2.24) is 19.6 Å². The predicted octanol–water partition coefficient (Wildman–Crippen LogP) is 4.92. The smallest absolute Gasteiger partial charge is 0.410 e. The average Bonchev–Trinajstić information content (AvgIpc) is 3.36. The molecular formula is C41H56N6O7. The molecule has 13 nitrogen and oxygen atoms in total. The van der Waals surface area contributed by atoms with E-state index in [0.29, 0.717) is 77.2 Å². The first-order valence-corrected chi connectivity index (χ1v) is 20.0. The fourth-order valence-corrected chi connectivity index (χ4v) is 9.08. The van der Waals surface area contributed by atoms with Crippen LogP contribution in [0, 0.1) is 18.8 Å². The number of piperidine rings is 3. The largest absolute Gasteiger partial charge is 0.490 e.